The van der Waals surface area contributed by atoms with Gasteiger partial charge in [0.2, 0.25) is 5.43 Å². The smallest absolute Gasteiger partial charge is 0.341 e. The van der Waals surface area contributed by atoms with Crippen LogP contribution in [0.2, 0.25) is 0 Å². The van der Waals surface area contributed by atoms with Crippen LogP contribution in [0.4, 0.5) is 18.9 Å². The lowest BCUT2D eigenvalue weighted by Crippen LogP contribution is -2.44. The summed E-state index contributed by atoms with van der Waals surface area (Å²) >= 11 is 0. The zero-order chi connectivity index (χ0) is 21.4. The van der Waals surface area contributed by atoms with Crippen molar-refractivity contribution in [1.29, 1.82) is 0 Å². The van der Waals surface area contributed by atoms with Gasteiger partial charge in [0.05, 0.1) is 10.9 Å². The van der Waals surface area contributed by atoms with Gasteiger partial charge in [0.15, 0.2) is 5.82 Å². The van der Waals surface area contributed by atoms with E-state index in [0.29, 0.717) is 31.7 Å². The molecule has 156 valence electrons. The topological polar surface area (TPSA) is 74.6 Å². The molecule has 6 nitrogen and oxygen atoms in total. The monoisotopic (exact) mass is 417 g/mol. The van der Waals surface area contributed by atoms with Crippen molar-refractivity contribution in [1.82, 2.24) is 9.88 Å². The highest BCUT2D eigenvalue weighted by Crippen LogP contribution is 2.30. The molecule has 3 aromatic rings. The summed E-state index contributed by atoms with van der Waals surface area (Å²) in [6, 6.07) is 6.28. The molecular formula is C21H18F3N3O3. The Hall–Kier alpha value is -3.33. The summed E-state index contributed by atoms with van der Waals surface area (Å²) in [6.45, 7) is 1.85. The maximum Gasteiger partial charge on any atom is 0.341 e. The van der Waals surface area contributed by atoms with Crippen LogP contribution in [0, 0.1) is 17.5 Å². The fraction of sp³-hybridized carbons (Fsp3) is 0.238. The van der Waals surface area contributed by atoms with Crippen LogP contribution in [0.3, 0.4) is 0 Å². The number of piperazine rings is 1. The third kappa shape index (κ3) is 3.52. The van der Waals surface area contributed by atoms with E-state index in [1.54, 1.807) is 4.90 Å². The molecule has 1 aliphatic rings. The molecule has 0 bridgehead atoms. The summed E-state index contributed by atoms with van der Waals surface area (Å²) in [5, 5.41) is 12.1. The van der Waals surface area contributed by atoms with Gasteiger partial charge in [0.1, 0.15) is 22.9 Å². The van der Waals surface area contributed by atoms with Crippen molar-refractivity contribution in [2.24, 2.45) is 0 Å². The Bertz CT molecular complexity index is 1190. The first-order valence-corrected chi connectivity index (χ1v) is 9.35. The molecule has 2 N–H and O–H groups in total. The Morgan fingerprint density at radius 2 is 1.77 bits per heavy atom. The van der Waals surface area contributed by atoms with Crippen LogP contribution in [-0.4, -0.2) is 41.8 Å². The fourth-order valence-electron chi connectivity index (χ4n) is 3.72. The summed E-state index contributed by atoms with van der Waals surface area (Å²) in [5.74, 6) is -3.80. The first kappa shape index (κ1) is 20.0. The molecule has 1 aromatic heterocycles. The summed E-state index contributed by atoms with van der Waals surface area (Å²) in [4.78, 5) is 25.7. The number of nitrogens with one attached hydrogen (secondary N) is 1. The van der Waals surface area contributed by atoms with Gasteiger partial charge in [-0.25, -0.2) is 18.0 Å². The van der Waals surface area contributed by atoms with Crippen molar-refractivity contribution in [2.45, 2.75) is 6.54 Å². The van der Waals surface area contributed by atoms with Crippen LogP contribution in [0.15, 0.2) is 41.3 Å². The Labute approximate surface area is 169 Å². The highest BCUT2D eigenvalue weighted by Gasteiger charge is 2.25. The molecule has 9 heteroatoms. The van der Waals surface area contributed by atoms with Crippen molar-refractivity contribution in [3.05, 3.63) is 75.3 Å². The minimum Gasteiger partial charge on any atom is -0.477 e. The minimum absolute atomic E-state index is 0.0269. The maximum absolute atomic E-state index is 15.6. The van der Waals surface area contributed by atoms with Gasteiger partial charge in [-0.15, -0.1) is 0 Å². The molecule has 2 aromatic carbocycles. The predicted octanol–water partition coefficient (Wildman–Crippen LogP) is 2.57. The number of benzene rings is 2. The molecule has 4 rings (SSSR count). The van der Waals surface area contributed by atoms with E-state index in [9.17, 15) is 23.5 Å². The molecular weight excluding hydrogens is 399 g/mol. The van der Waals surface area contributed by atoms with Crippen LogP contribution < -0.4 is 15.6 Å². The molecule has 2 heterocycles. The number of fused-ring (bicyclic) bond motifs is 1. The Morgan fingerprint density at radius 3 is 2.40 bits per heavy atom. The minimum atomic E-state index is -1.50. The van der Waals surface area contributed by atoms with E-state index in [4.69, 9.17) is 0 Å². The lowest BCUT2D eigenvalue weighted by atomic mass is 10.1. The molecule has 1 aliphatic heterocycles. The van der Waals surface area contributed by atoms with Gasteiger partial charge >= 0.3 is 5.97 Å². The summed E-state index contributed by atoms with van der Waals surface area (Å²) in [5.41, 5.74) is -1.44. The summed E-state index contributed by atoms with van der Waals surface area (Å²) in [7, 11) is 0. The highest BCUT2D eigenvalue weighted by atomic mass is 19.1. The van der Waals surface area contributed by atoms with Crippen LogP contribution >= 0.6 is 0 Å². The second-order valence-electron chi connectivity index (χ2n) is 7.09. The molecule has 0 unspecified atom stereocenters. The molecule has 1 saturated heterocycles. The maximum atomic E-state index is 15.6. The number of carbonyl (C=O) groups is 1. The van der Waals surface area contributed by atoms with Gasteiger partial charge in [0.25, 0.3) is 0 Å². The van der Waals surface area contributed by atoms with E-state index >= 15 is 4.39 Å². The zero-order valence-corrected chi connectivity index (χ0v) is 15.8. The lowest BCUT2D eigenvalue weighted by Gasteiger charge is -2.30. The van der Waals surface area contributed by atoms with Crippen molar-refractivity contribution >= 4 is 22.6 Å². The summed E-state index contributed by atoms with van der Waals surface area (Å²) in [6.07, 6.45) is 1.04. The normalized spacial score (nSPS) is 14.3. The van der Waals surface area contributed by atoms with Crippen molar-refractivity contribution in [3.63, 3.8) is 0 Å². The van der Waals surface area contributed by atoms with Crippen molar-refractivity contribution in [2.75, 3.05) is 31.1 Å². The predicted molar refractivity (Wildman–Crippen MR) is 106 cm³/mol. The van der Waals surface area contributed by atoms with E-state index in [2.05, 4.69) is 5.32 Å². The standard InChI is InChI=1S/C21H18F3N3O3/c22-13-3-1-12(2-4-13)10-27-11-15(21(29)30)20(28)14-9-16(23)19(17(24)18(14)27)26-7-5-25-6-8-26/h1-4,9,11,25H,5-8,10H2,(H,29,30). The van der Waals surface area contributed by atoms with Crippen molar-refractivity contribution < 1.29 is 23.1 Å². The van der Waals surface area contributed by atoms with Crippen molar-refractivity contribution in [3.8, 4) is 0 Å². The lowest BCUT2D eigenvalue weighted by molar-refractivity contribution is 0.0695. The van der Waals surface area contributed by atoms with Gasteiger partial charge in [-0.05, 0) is 23.8 Å². The van der Waals surface area contributed by atoms with E-state index < -0.39 is 34.4 Å². The fourth-order valence-corrected chi connectivity index (χ4v) is 3.72. The number of carboxylic acids is 1. The third-order valence-electron chi connectivity index (χ3n) is 5.16. The number of aromatic carboxylic acids is 1. The second kappa shape index (κ2) is 7.83. The first-order chi connectivity index (χ1) is 14.4. The molecule has 0 aliphatic carbocycles. The number of anilines is 1. The molecule has 30 heavy (non-hydrogen) atoms. The largest absolute Gasteiger partial charge is 0.477 e. The Balaban J connectivity index is 1.97. The third-order valence-corrected chi connectivity index (χ3v) is 5.16. The number of halogens is 3. The van der Waals surface area contributed by atoms with E-state index in [1.807, 2.05) is 0 Å². The average Bonchev–Trinajstić information content (AvgIpc) is 2.72. The first-order valence-electron chi connectivity index (χ1n) is 9.35. The number of hydrogen-bond acceptors (Lipinski definition) is 4. The van der Waals surface area contributed by atoms with Gasteiger partial charge < -0.3 is 19.9 Å². The number of carboxylic acid groups (broad SMARTS) is 1. The molecule has 0 spiro atoms. The molecule has 0 radical (unpaired) electrons. The van der Waals surface area contributed by atoms with Crippen LogP contribution in [0.5, 0.6) is 0 Å². The Morgan fingerprint density at radius 1 is 1.10 bits per heavy atom. The summed E-state index contributed by atoms with van der Waals surface area (Å²) < 4.78 is 44.9. The number of nitrogens with zero attached hydrogens (tertiary/aromatic N) is 2. The molecule has 0 atom stereocenters. The highest BCUT2D eigenvalue weighted by molar-refractivity contribution is 5.94. The molecule has 1 fully saturated rings. The van der Waals surface area contributed by atoms with E-state index in [1.165, 1.54) is 28.8 Å². The van der Waals surface area contributed by atoms with Gasteiger partial charge in [0, 0.05) is 38.9 Å². The van der Waals surface area contributed by atoms with Gasteiger partial charge in [-0.2, -0.15) is 0 Å². The van der Waals surface area contributed by atoms with Gasteiger partial charge in [-0.3, -0.25) is 4.79 Å². The van der Waals surface area contributed by atoms with E-state index in [-0.39, 0.29) is 23.1 Å². The van der Waals surface area contributed by atoms with Gasteiger partial charge in [-0.1, -0.05) is 12.1 Å². The molecule has 0 saturated carbocycles. The van der Waals surface area contributed by atoms with E-state index in [0.717, 1.165) is 12.3 Å². The van der Waals surface area contributed by atoms with Crippen LogP contribution in [0.1, 0.15) is 15.9 Å². The zero-order valence-electron chi connectivity index (χ0n) is 15.8. The van der Waals surface area contributed by atoms with Crippen LogP contribution in [-0.2, 0) is 6.54 Å². The number of hydrogen-bond donors (Lipinski definition) is 2. The number of rotatable bonds is 4. The quantitative estimate of drug-likeness (QED) is 0.683. The number of aromatic nitrogens is 1. The number of pyridine rings is 1. The SMILES string of the molecule is O=C(O)c1cn(Cc2ccc(F)cc2)c2c(F)c(N3CCNCC3)c(F)cc2c1=O. The average molecular weight is 417 g/mol. The Kier molecular flexibility index (Phi) is 5.21. The van der Waals surface area contributed by atoms with Crippen LogP contribution in [0.25, 0.3) is 10.9 Å². The second-order valence-corrected chi connectivity index (χ2v) is 7.09. The molecule has 0 amide bonds.